The predicted octanol–water partition coefficient (Wildman–Crippen LogP) is 3.65. The van der Waals surface area contributed by atoms with Gasteiger partial charge >= 0.3 is 0 Å². The minimum atomic E-state index is 0.632. The molecular weight excluding hydrogens is 290 g/mol. The maximum Gasteiger partial charge on any atom is 0.170 e. The molecule has 0 radical (unpaired) electrons. The first-order valence-corrected chi connectivity index (χ1v) is 7.22. The molecule has 0 amide bonds. The van der Waals surface area contributed by atoms with Crippen LogP contribution in [0.2, 0.25) is 5.02 Å². The van der Waals surface area contributed by atoms with E-state index in [-0.39, 0.29) is 0 Å². The van der Waals surface area contributed by atoms with Gasteiger partial charge in [-0.25, -0.2) is 0 Å². The minimum absolute atomic E-state index is 0.632. The molecule has 1 aromatic heterocycles. The summed E-state index contributed by atoms with van der Waals surface area (Å²) in [4.78, 5) is 3.95. The summed E-state index contributed by atoms with van der Waals surface area (Å²) in [6.45, 7) is 0.833. The molecule has 5 heteroatoms. The van der Waals surface area contributed by atoms with E-state index in [1.807, 2.05) is 24.3 Å². The third-order valence-corrected chi connectivity index (χ3v) is 3.28. The molecule has 104 valence electrons. The molecule has 0 saturated heterocycles. The Labute approximate surface area is 129 Å². The fourth-order valence-corrected chi connectivity index (χ4v) is 2.10. The summed E-state index contributed by atoms with van der Waals surface area (Å²) in [6, 6.07) is 11.7. The largest absolute Gasteiger partial charge is 0.362 e. The van der Waals surface area contributed by atoms with Crippen molar-refractivity contribution in [2.75, 3.05) is 11.9 Å². The summed E-state index contributed by atoms with van der Waals surface area (Å²) in [5, 5.41) is 7.70. The molecule has 2 aromatic rings. The Balaban J connectivity index is 1.66. The van der Waals surface area contributed by atoms with Crippen molar-refractivity contribution in [3.63, 3.8) is 0 Å². The highest BCUT2D eigenvalue weighted by Gasteiger charge is 1.97. The predicted molar refractivity (Wildman–Crippen MR) is 88.2 cm³/mol. The molecule has 0 bridgehead atoms. The number of pyridine rings is 1. The molecule has 0 aliphatic carbocycles. The fraction of sp³-hybridized carbons (Fsp3) is 0.200. The Bertz CT molecular complexity index is 543. The van der Waals surface area contributed by atoms with Crippen molar-refractivity contribution in [1.29, 1.82) is 0 Å². The van der Waals surface area contributed by atoms with Crippen molar-refractivity contribution >= 4 is 34.6 Å². The summed E-state index contributed by atoms with van der Waals surface area (Å²) in [5.74, 6) is 0. The van der Waals surface area contributed by atoms with Crippen LogP contribution in [-0.4, -0.2) is 16.6 Å². The second-order valence-electron chi connectivity index (χ2n) is 4.35. The zero-order valence-corrected chi connectivity index (χ0v) is 12.5. The maximum absolute atomic E-state index is 5.85. The highest BCUT2D eigenvalue weighted by molar-refractivity contribution is 7.80. The number of aryl methyl sites for hydroxylation is 1. The number of nitrogens with zero attached hydrogens (tertiary/aromatic N) is 1. The molecule has 0 saturated carbocycles. The Morgan fingerprint density at radius 1 is 1.10 bits per heavy atom. The van der Waals surface area contributed by atoms with E-state index < -0.39 is 0 Å². The highest BCUT2D eigenvalue weighted by atomic mass is 35.5. The van der Waals surface area contributed by atoms with Crippen molar-refractivity contribution in [2.45, 2.75) is 12.8 Å². The van der Waals surface area contributed by atoms with Crippen LogP contribution in [0.5, 0.6) is 0 Å². The van der Waals surface area contributed by atoms with E-state index in [1.165, 1.54) is 5.56 Å². The normalized spacial score (nSPS) is 10.1. The van der Waals surface area contributed by atoms with E-state index in [1.54, 1.807) is 12.4 Å². The molecule has 0 aliphatic heterocycles. The minimum Gasteiger partial charge on any atom is -0.362 e. The number of thiocarbonyl (C=S) groups is 1. The molecule has 0 atom stereocenters. The van der Waals surface area contributed by atoms with Gasteiger partial charge in [-0.1, -0.05) is 23.7 Å². The van der Waals surface area contributed by atoms with Gasteiger partial charge in [-0.3, -0.25) is 4.98 Å². The molecule has 2 rings (SSSR count). The van der Waals surface area contributed by atoms with Crippen LogP contribution in [0.1, 0.15) is 12.0 Å². The highest BCUT2D eigenvalue weighted by Crippen LogP contribution is 2.10. The number of rotatable bonds is 5. The molecule has 0 unspecified atom stereocenters. The Kier molecular flexibility index (Phi) is 5.77. The lowest BCUT2D eigenvalue weighted by molar-refractivity contribution is 0.777. The Morgan fingerprint density at radius 2 is 1.80 bits per heavy atom. The molecule has 2 N–H and O–H groups in total. The first-order chi connectivity index (χ1) is 9.74. The second kappa shape index (κ2) is 7.82. The maximum atomic E-state index is 5.85. The van der Waals surface area contributed by atoms with Crippen molar-refractivity contribution in [3.8, 4) is 0 Å². The quantitative estimate of drug-likeness (QED) is 0.653. The lowest BCUT2D eigenvalue weighted by Crippen LogP contribution is -2.29. The van der Waals surface area contributed by atoms with Crippen LogP contribution < -0.4 is 10.6 Å². The lowest BCUT2D eigenvalue weighted by atomic mass is 10.1. The van der Waals surface area contributed by atoms with Crippen LogP contribution in [0.4, 0.5) is 5.69 Å². The molecule has 0 fully saturated rings. The van der Waals surface area contributed by atoms with E-state index in [0.29, 0.717) is 5.11 Å². The van der Waals surface area contributed by atoms with Crippen LogP contribution >= 0.6 is 23.8 Å². The smallest absolute Gasteiger partial charge is 0.170 e. The van der Waals surface area contributed by atoms with Crippen LogP contribution in [0.15, 0.2) is 48.8 Å². The van der Waals surface area contributed by atoms with E-state index in [9.17, 15) is 0 Å². The second-order valence-corrected chi connectivity index (χ2v) is 5.19. The average Bonchev–Trinajstić information content (AvgIpc) is 2.46. The van der Waals surface area contributed by atoms with Crippen LogP contribution in [0, 0.1) is 0 Å². The molecule has 20 heavy (non-hydrogen) atoms. The van der Waals surface area contributed by atoms with E-state index >= 15 is 0 Å². The van der Waals surface area contributed by atoms with Gasteiger partial charge in [-0.2, -0.15) is 0 Å². The van der Waals surface area contributed by atoms with Gasteiger partial charge in [-0.15, -0.1) is 0 Å². The topological polar surface area (TPSA) is 37.0 Å². The molecular formula is C15H16ClN3S. The van der Waals surface area contributed by atoms with Gasteiger partial charge in [0.25, 0.3) is 0 Å². The van der Waals surface area contributed by atoms with Crippen LogP contribution in [0.3, 0.4) is 0 Å². The van der Waals surface area contributed by atoms with Crippen LogP contribution in [-0.2, 0) is 6.42 Å². The van der Waals surface area contributed by atoms with Gasteiger partial charge in [0, 0.05) is 29.6 Å². The van der Waals surface area contributed by atoms with Crippen LogP contribution in [0.25, 0.3) is 0 Å². The summed E-state index contributed by atoms with van der Waals surface area (Å²) in [7, 11) is 0. The van der Waals surface area contributed by atoms with Gasteiger partial charge in [0.2, 0.25) is 0 Å². The van der Waals surface area contributed by atoms with Gasteiger partial charge in [0.15, 0.2) is 5.11 Å². The van der Waals surface area contributed by atoms with E-state index in [4.69, 9.17) is 23.8 Å². The molecule has 1 heterocycles. The first kappa shape index (κ1) is 14.8. The van der Waals surface area contributed by atoms with E-state index in [2.05, 4.69) is 27.8 Å². The SMILES string of the molecule is S=C(NCCCc1ccc(Cl)cc1)Nc1ccncc1. The molecule has 3 nitrogen and oxygen atoms in total. The Morgan fingerprint density at radius 3 is 2.50 bits per heavy atom. The number of anilines is 1. The molecule has 1 aromatic carbocycles. The van der Waals surface area contributed by atoms with Crippen molar-refractivity contribution < 1.29 is 0 Å². The van der Waals surface area contributed by atoms with E-state index in [0.717, 1.165) is 30.1 Å². The zero-order chi connectivity index (χ0) is 14.2. The zero-order valence-electron chi connectivity index (χ0n) is 11.0. The monoisotopic (exact) mass is 305 g/mol. The van der Waals surface area contributed by atoms with Gasteiger partial charge in [0.1, 0.15) is 0 Å². The Hall–Kier alpha value is -1.65. The van der Waals surface area contributed by atoms with Crippen molar-refractivity contribution in [1.82, 2.24) is 10.3 Å². The first-order valence-electron chi connectivity index (χ1n) is 6.43. The third-order valence-electron chi connectivity index (χ3n) is 2.78. The lowest BCUT2D eigenvalue weighted by Gasteiger charge is -2.10. The summed E-state index contributed by atoms with van der Waals surface area (Å²) >= 11 is 11.1. The standard InChI is InChI=1S/C15H16ClN3S/c16-13-5-3-12(4-6-13)2-1-9-18-15(20)19-14-7-10-17-11-8-14/h3-8,10-11H,1-2,9H2,(H2,17,18,19,20). The number of benzene rings is 1. The summed E-state index contributed by atoms with van der Waals surface area (Å²) in [5.41, 5.74) is 2.22. The summed E-state index contributed by atoms with van der Waals surface area (Å²) in [6.07, 6.45) is 5.47. The number of nitrogens with one attached hydrogen (secondary N) is 2. The third kappa shape index (κ3) is 5.15. The molecule has 0 aliphatic rings. The number of hydrogen-bond donors (Lipinski definition) is 2. The van der Waals surface area contributed by atoms with Gasteiger partial charge in [-0.05, 0) is 54.9 Å². The number of halogens is 1. The molecule has 0 spiro atoms. The fourth-order valence-electron chi connectivity index (χ4n) is 1.76. The summed E-state index contributed by atoms with van der Waals surface area (Å²) < 4.78 is 0. The number of hydrogen-bond acceptors (Lipinski definition) is 2. The number of aromatic nitrogens is 1. The van der Waals surface area contributed by atoms with Gasteiger partial charge < -0.3 is 10.6 Å². The van der Waals surface area contributed by atoms with Crippen molar-refractivity contribution in [3.05, 3.63) is 59.4 Å². The van der Waals surface area contributed by atoms with Crippen molar-refractivity contribution in [2.24, 2.45) is 0 Å². The average molecular weight is 306 g/mol. The van der Waals surface area contributed by atoms with Gasteiger partial charge in [0.05, 0.1) is 0 Å².